The molecule has 0 aliphatic rings. The summed E-state index contributed by atoms with van der Waals surface area (Å²) < 4.78 is 28.2. The molecule has 30 heavy (non-hydrogen) atoms. The van der Waals surface area contributed by atoms with Crippen molar-refractivity contribution in [3.63, 3.8) is 0 Å². The van der Waals surface area contributed by atoms with Gasteiger partial charge in [-0.15, -0.1) is 0 Å². The number of hydrogen-bond donors (Lipinski definition) is 1. The van der Waals surface area contributed by atoms with Crippen LogP contribution in [0.4, 0.5) is 5.69 Å². The van der Waals surface area contributed by atoms with Crippen LogP contribution in [0.5, 0.6) is 0 Å². The molecule has 0 aliphatic carbocycles. The van der Waals surface area contributed by atoms with Crippen LogP contribution in [-0.4, -0.2) is 44.3 Å². The topological polar surface area (TPSA) is 90.6 Å². The molecule has 2 aromatic carbocycles. The second-order valence-electron chi connectivity index (χ2n) is 6.67. The zero-order valence-corrected chi connectivity index (χ0v) is 19.2. The van der Waals surface area contributed by atoms with Crippen LogP contribution in [0.25, 0.3) is 10.9 Å². The Hall–Kier alpha value is -2.65. The third-order valence-electron chi connectivity index (χ3n) is 4.98. The number of rotatable bonds is 6. The number of nitrogens with zero attached hydrogens (tertiary/aromatic N) is 2. The number of H-pyrrole nitrogens is 1. The Bertz CT molecular complexity index is 1250. The number of aromatic amines is 1. The number of amides is 1. The summed E-state index contributed by atoms with van der Waals surface area (Å²) in [7, 11) is -2.45. The molecule has 0 fully saturated rings. The lowest BCUT2D eigenvalue weighted by molar-refractivity contribution is 0.0771. The van der Waals surface area contributed by atoms with Crippen LogP contribution < -0.4 is 9.73 Å². The molecular weight excluding hydrogens is 470 g/mol. The SMILES string of the molecule is CCN(CC)C(=O)c1c[nH]c2ccc(S(=O)(=O)N(C)c3ccc(Br)cc3)cc2c1=O. The van der Waals surface area contributed by atoms with Gasteiger partial charge in [-0.2, -0.15) is 0 Å². The van der Waals surface area contributed by atoms with Crippen LogP contribution >= 0.6 is 15.9 Å². The van der Waals surface area contributed by atoms with Gasteiger partial charge in [0, 0.05) is 41.7 Å². The fourth-order valence-corrected chi connectivity index (χ4v) is 4.63. The number of hydrogen-bond acceptors (Lipinski definition) is 4. The van der Waals surface area contributed by atoms with Gasteiger partial charge in [0.1, 0.15) is 5.56 Å². The van der Waals surface area contributed by atoms with Gasteiger partial charge in [0.2, 0.25) is 5.43 Å². The second kappa shape index (κ2) is 8.61. The van der Waals surface area contributed by atoms with E-state index in [-0.39, 0.29) is 21.8 Å². The Kier molecular flexibility index (Phi) is 6.33. The van der Waals surface area contributed by atoms with Gasteiger partial charge >= 0.3 is 0 Å². The molecule has 1 N–H and O–H groups in total. The van der Waals surface area contributed by atoms with E-state index in [9.17, 15) is 18.0 Å². The van der Waals surface area contributed by atoms with Gasteiger partial charge in [-0.25, -0.2) is 8.42 Å². The Morgan fingerprint density at radius 2 is 1.70 bits per heavy atom. The number of aromatic nitrogens is 1. The molecule has 158 valence electrons. The Balaban J connectivity index is 2.09. The van der Waals surface area contributed by atoms with E-state index in [0.29, 0.717) is 24.3 Å². The molecular formula is C21H22BrN3O4S. The molecule has 1 amide bonds. The number of halogens is 1. The van der Waals surface area contributed by atoms with Gasteiger partial charge in [0.25, 0.3) is 15.9 Å². The number of carbonyl (C=O) groups is 1. The van der Waals surface area contributed by atoms with Gasteiger partial charge in [0.05, 0.1) is 10.6 Å². The summed E-state index contributed by atoms with van der Waals surface area (Å²) in [6.45, 7) is 4.61. The first-order chi connectivity index (χ1) is 14.2. The molecule has 7 nitrogen and oxygen atoms in total. The van der Waals surface area contributed by atoms with Gasteiger partial charge in [-0.3, -0.25) is 13.9 Å². The third kappa shape index (κ3) is 3.99. The molecule has 1 heterocycles. The largest absolute Gasteiger partial charge is 0.360 e. The van der Waals surface area contributed by atoms with E-state index in [1.54, 1.807) is 24.3 Å². The number of carbonyl (C=O) groups excluding carboxylic acids is 1. The number of fused-ring (bicyclic) bond motifs is 1. The number of benzene rings is 2. The van der Waals surface area contributed by atoms with Crippen molar-refractivity contribution >= 4 is 48.5 Å². The van der Waals surface area contributed by atoms with Crippen LogP contribution in [0, 0.1) is 0 Å². The summed E-state index contributed by atoms with van der Waals surface area (Å²) in [5.41, 5.74) is 0.435. The number of anilines is 1. The summed E-state index contributed by atoms with van der Waals surface area (Å²) in [5.74, 6) is -0.386. The molecule has 3 aromatic rings. The molecule has 0 aliphatic heterocycles. The van der Waals surface area contributed by atoms with Gasteiger partial charge < -0.3 is 9.88 Å². The lowest BCUT2D eigenvalue weighted by Crippen LogP contribution is -2.34. The van der Waals surface area contributed by atoms with Crippen molar-refractivity contribution in [2.45, 2.75) is 18.7 Å². The number of sulfonamides is 1. The molecule has 0 saturated heterocycles. The highest BCUT2D eigenvalue weighted by Gasteiger charge is 2.23. The molecule has 0 atom stereocenters. The Labute approximate surface area is 183 Å². The summed E-state index contributed by atoms with van der Waals surface area (Å²) in [6, 6.07) is 11.1. The third-order valence-corrected chi connectivity index (χ3v) is 7.29. The van der Waals surface area contributed by atoms with Crippen molar-refractivity contribution in [2.75, 3.05) is 24.4 Å². The van der Waals surface area contributed by atoms with E-state index in [4.69, 9.17) is 0 Å². The van der Waals surface area contributed by atoms with Crippen LogP contribution in [0.15, 0.2) is 62.8 Å². The fourth-order valence-electron chi connectivity index (χ4n) is 3.15. The molecule has 1 aromatic heterocycles. The van der Waals surface area contributed by atoms with E-state index >= 15 is 0 Å². The van der Waals surface area contributed by atoms with Crippen molar-refractivity contribution in [1.29, 1.82) is 0 Å². The Morgan fingerprint density at radius 1 is 1.07 bits per heavy atom. The minimum Gasteiger partial charge on any atom is -0.360 e. The van der Waals surface area contributed by atoms with Crippen LogP contribution in [-0.2, 0) is 10.0 Å². The number of pyridine rings is 1. The van der Waals surface area contributed by atoms with E-state index in [2.05, 4.69) is 20.9 Å². The van der Waals surface area contributed by atoms with Gasteiger partial charge in [0.15, 0.2) is 0 Å². The minimum absolute atomic E-state index is 0.0120. The zero-order chi connectivity index (χ0) is 22.1. The molecule has 0 radical (unpaired) electrons. The van der Waals surface area contributed by atoms with Crippen LogP contribution in [0.3, 0.4) is 0 Å². The Morgan fingerprint density at radius 3 is 2.30 bits per heavy atom. The first-order valence-electron chi connectivity index (χ1n) is 9.40. The van der Waals surface area contributed by atoms with Gasteiger partial charge in [-0.1, -0.05) is 15.9 Å². The van der Waals surface area contributed by atoms with E-state index < -0.39 is 15.5 Å². The summed E-state index contributed by atoms with van der Waals surface area (Å²) in [5, 5.41) is 0.151. The zero-order valence-electron chi connectivity index (χ0n) is 16.8. The normalized spacial score (nSPS) is 11.5. The molecule has 9 heteroatoms. The smallest absolute Gasteiger partial charge is 0.264 e. The summed E-state index contributed by atoms with van der Waals surface area (Å²) >= 11 is 3.33. The second-order valence-corrected chi connectivity index (χ2v) is 9.55. The maximum Gasteiger partial charge on any atom is 0.264 e. The summed E-state index contributed by atoms with van der Waals surface area (Å²) in [4.78, 5) is 30.1. The molecule has 0 spiro atoms. The lowest BCUT2D eigenvalue weighted by atomic mass is 10.1. The van der Waals surface area contributed by atoms with Crippen molar-refractivity contribution in [2.24, 2.45) is 0 Å². The molecule has 0 unspecified atom stereocenters. The van der Waals surface area contributed by atoms with Crippen LogP contribution in [0.1, 0.15) is 24.2 Å². The van der Waals surface area contributed by atoms with Crippen molar-refractivity contribution < 1.29 is 13.2 Å². The highest BCUT2D eigenvalue weighted by molar-refractivity contribution is 9.10. The fraction of sp³-hybridized carbons (Fsp3) is 0.238. The monoisotopic (exact) mass is 491 g/mol. The van der Waals surface area contributed by atoms with Gasteiger partial charge in [-0.05, 0) is 56.3 Å². The van der Waals surface area contributed by atoms with Crippen molar-refractivity contribution in [3.8, 4) is 0 Å². The standard InChI is InChI=1S/C21H22BrN3O4S/c1-4-25(5-2)21(27)18-13-23-19-11-10-16(12-17(19)20(18)26)30(28,29)24(3)15-8-6-14(22)7-9-15/h6-13H,4-5H2,1-3H3,(H,23,26). The number of nitrogens with one attached hydrogen (secondary N) is 1. The molecule has 0 saturated carbocycles. The van der Waals surface area contributed by atoms with Crippen molar-refractivity contribution in [3.05, 3.63) is 68.9 Å². The highest BCUT2D eigenvalue weighted by atomic mass is 79.9. The lowest BCUT2D eigenvalue weighted by Gasteiger charge is -2.20. The molecule has 3 rings (SSSR count). The van der Waals surface area contributed by atoms with Crippen LogP contribution in [0.2, 0.25) is 0 Å². The quantitative estimate of drug-likeness (QED) is 0.570. The first kappa shape index (κ1) is 22.0. The van der Waals surface area contributed by atoms with E-state index in [1.165, 1.54) is 36.3 Å². The first-order valence-corrected chi connectivity index (χ1v) is 11.6. The molecule has 0 bridgehead atoms. The maximum absolute atomic E-state index is 13.1. The minimum atomic E-state index is -3.90. The van der Waals surface area contributed by atoms with E-state index in [0.717, 1.165) is 8.78 Å². The highest BCUT2D eigenvalue weighted by Crippen LogP contribution is 2.25. The summed E-state index contributed by atoms with van der Waals surface area (Å²) in [6.07, 6.45) is 1.38. The maximum atomic E-state index is 13.1. The predicted molar refractivity (Wildman–Crippen MR) is 122 cm³/mol. The van der Waals surface area contributed by atoms with E-state index in [1.807, 2.05) is 13.8 Å². The predicted octanol–water partition coefficient (Wildman–Crippen LogP) is 3.60. The average molecular weight is 492 g/mol. The average Bonchev–Trinajstić information content (AvgIpc) is 2.74. The van der Waals surface area contributed by atoms with Crippen molar-refractivity contribution in [1.82, 2.24) is 9.88 Å².